The number of nitrogens with one attached hydrogen (secondary N) is 1. The van der Waals surface area contributed by atoms with Crippen molar-refractivity contribution in [1.82, 2.24) is 14.7 Å². The number of aromatic nitrogens is 2. The van der Waals surface area contributed by atoms with Crippen LogP contribution >= 0.6 is 15.9 Å². The second-order valence-corrected chi connectivity index (χ2v) is 8.77. The molecule has 2 amide bonds. The normalized spacial score (nSPS) is 14.5. The molecule has 2 heterocycles. The maximum absolute atomic E-state index is 12.9. The average Bonchev–Trinajstić information content (AvgIpc) is 3.08. The minimum absolute atomic E-state index is 0.00504. The summed E-state index contributed by atoms with van der Waals surface area (Å²) in [6.07, 6.45) is 1.30. The number of nitrogens with zero attached hydrogens (tertiary/aromatic N) is 3. The van der Waals surface area contributed by atoms with E-state index in [0.717, 1.165) is 27.2 Å². The maximum Gasteiger partial charge on any atom is 0.253 e. The highest BCUT2D eigenvalue weighted by atomic mass is 79.9. The van der Waals surface area contributed by atoms with Crippen LogP contribution in [0.4, 0.5) is 5.69 Å². The number of hydrogen-bond acceptors (Lipinski definition) is 3. The largest absolute Gasteiger partial charge is 0.339 e. The summed E-state index contributed by atoms with van der Waals surface area (Å²) in [5.41, 5.74) is 4.09. The van der Waals surface area contributed by atoms with Gasteiger partial charge in [-0.2, -0.15) is 5.10 Å². The number of amides is 2. The van der Waals surface area contributed by atoms with Crippen LogP contribution in [0.2, 0.25) is 0 Å². The van der Waals surface area contributed by atoms with E-state index in [0.29, 0.717) is 31.5 Å². The second kappa shape index (κ2) is 9.06. The van der Waals surface area contributed by atoms with Gasteiger partial charge in [0.1, 0.15) is 0 Å². The van der Waals surface area contributed by atoms with Crippen molar-refractivity contribution in [1.29, 1.82) is 0 Å². The van der Waals surface area contributed by atoms with Crippen LogP contribution in [0.15, 0.2) is 59.1 Å². The van der Waals surface area contributed by atoms with Gasteiger partial charge in [0.05, 0.1) is 22.8 Å². The van der Waals surface area contributed by atoms with E-state index in [9.17, 15) is 9.59 Å². The predicted octanol–water partition coefficient (Wildman–Crippen LogP) is 4.74. The molecule has 1 saturated heterocycles. The van der Waals surface area contributed by atoms with Gasteiger partial charge in [0.25, 0.3) is 5.91 Å². The van der Waals surface area contributed by atoms with Gasteiger partial charge in [-0.15, -0.1) is 0 Å². The van der Waals surface area contributed by atoms with Gasteiger partial charge in [-0.3, -0.25) is 9.59 Å². The smallest absolute Gasteiger partial charge is 0.253 e. The lowest BCUT2D eigenvalue weighted by atomic mass is 9.95. The monoisotopic (exact) mass is 480 g/mol. The number of piperidine rings is 1. The average molecular weight is 481 g/mol. The molecule has 0 spiro atoms. The molecule has 1 fully saturated rings. The Balaban J connectivity index is 1.39. The van der Waals surface area contributed by atoms with E-state index in [1.54, 1.807) is 0 Å². The summed E-state index contributed by atoms with van der Waals surface area (Å²) in [6, 6.07) is 17.3. The van der Waals surface area contributed by atoms with E-state index in [-0.39, 0.29) is 17.7 Å². The molecule has 0 bridgehead atoms. The number of carbonyl (C=O) groups is 2. The Hall–Kier alpha value is -2.93. The van der Waals surface area contributed by atoms with E-state index in [4.69, 9.17) is 0 Å². The first-order chi connectivity index (χ1) is 14.9. The van der Waals surface area contributed by atoms with Crippen molar-refractivity contribution in [2.75, 3.05) is 18.4 Å². The first-order valence-corrected chi connectivity index (χ1v) is 11.2. The van der Waals surface area contributed by atoms with Gasteiger partial charge in [0.2, 0.25) is 5.91 Å². The van der Waals surface area contributed by atoms with Gasteiger partial charge in [-0.25, -0.2) is 4.68 Å². The van der Waals surface area contributed by atoms with Crippen molar-refractivity contribution < 1.29 is 9.59 Å². The van der Waals surface area contributed by atoms with Crippen LogP contribution in [0.3, 0.4) is 0 Å². The lowest BCUT2D eigenvalue weighted by Gasteiger charge is -2.31. The van der Waals surface area contributed by atoms with Crippen molar-refractivity contribution in [3.8, 4) is 5.69 Å². The summed E-state index contributed by atoms with van der Waals surface area (Å²) in [7, 11) is 0. The van der Waals surface area contributed by atoms with Gasteiger partial charge in [-0.05, 0) is 63.1 Å². The highest BCUT2D eigenvalue weighted by Crippen LogP contribution is 2.26. The Kier molecular flexibility index (Phi) is 6.23. The van der Waals surface area contributed by atoms with Crippen LogP contribution in [0.1, 0.15) is 34.6 Å². The number of para-hydroxylation sites is 1. The molecule has 1 N–H and O–H groups in total. The Morgan fingerprint density at radius 1 is 1.00 bits per heavy atom. The van der Waals surface area contributed by atoms with E-state index in [1.165, 1.54) is 0 Å². The summed E-state index contributed by atoms with van der Waals surface area (Å²) >= 11 is 3.39. The fourth-order valence-corrected chi connectivity index (χ4v) is 4.25. The fraction of sp³-hybridized carbons (Fsp3) is 0.292. The molecule has 0 atom stereocenters. The molecule has 1 aliphatic heterocycles. The molecular weight excluding hydrogens is 456 g/mol. The Bertz CT molecular complexity index is 1080. The zero-order valence-electron chi connectivity index (χ0n) is 17.6. The third-order valence-electron chi connectivity index (χ3n) is 5.78. The van der Waals surface area contributed by atoms with Gasteiger partial charge in [-0.1, -0.05) is 34.1 Å². The molecule has 160 valence electrons. The van der Waals surface area contributed by atoms with E-state index < -0.39 is 0 Å². The van der Waals surface area contributed by atoms with E-state index in [1.807, 2.05) is 78.0 Å². The summed E-state index contributed by atoms with van der Waals surface area (Å²) in [4.78, 5) is 27.5. The molecule has 0 radical (unpaired) electrons. The molecule has 7 heteroatoms. The first-order valence-electron chi connectivity index (χ1n) is 10.4. The van der Waals surface area contributed by atoms with Crippen LogP contribution in [-0.4, -0.2) is 39.6 Å². The Morgan fingerprint density at radius 3 is 2.29 bits per heavy atom. The third kappa shape index (κ3) is 4.56. The van der Waals surface area contributed by atoms with Gasteiger partial charge < -0.3 is 10.2 Å². The zero-order chi connectivity index (χ0) is 22.0. The van der Waals surface area contributed by atoms with Crippen LogP contribution in [-0.2, 0) is 4.79 Å². The Labute approximate surface area is 190 Å². The van der Waals surface area contributed by atoms with Crippen molar-refractivity contribution in [3.05, 3.63) is 76.0 Å². The lowest BCUT2D eigenvalue weighted by molar-refractivity contribution is -0.121. The second-order valence-electron chi connectivity index (χ2n) is 7.86. The fourth-order valence-electron chi connectivity index (χ4n) is 3.99. The molecule has 0 saturated carbocycles. The highest BCUT2D eigenvalue weighted by molar-refractivity contribution is 9.10. The predicted molar refractivity (Wildman–Crippen MR) is 124 cm³/mol. The number of rotatable bonds is 4. The topological polar surface area (TPSA) is 67.2 Å². The molecule has 0 unspecified atom stereocenters. The summed E-state index contributed by atoms with van der Waals surface area (Å²) in [6.45, 7) is 5.02. The molecule has 1 aliphatic rings. The highest BCUT2D eigenvalue weighted by Gasteiger charge is 2.29. The molecule has 2 aromatic carbocycles. The van der Waals surface area contributed by atoms with Crippen LogP contribution in [0.5, 0.6) is 0 Å². The number of hydrogen-bond donors (Lipinski definition) is 1. The SMILES string of the molecule is Cc1nn(-c2ccccc2)c(C)c1NC(=O)C1CCN(C(=O)c2ccc(Br)cc2)CC1. The lowest BCUT2D eigenvalue weighted by Crippen LogP contribution is -2.41. The van der Waals surface area contributed by atoms with Crippen molar-refractivity contribution >= 4 is 33.4 Å². The van der Waals surface area contributed by atoms with Crippen LogP contribution in [0.25, 0.3) is 5.69 Å². The number of halogens is 1. The summed E-state index contributed by atoms with van der Waals surface area (Å²) in [5, 5.41) is 7.69. The van der Waals surface area contributed by atoms with Crippen molar-refractivity contribution in [3.63, 3.8) is 0 Å². The van der Waals surface area contributed by atoms with Gasteiger partial charge in [0, 0.05) is 29.0 Å². The molecule has 3 aromatic rings. The van der Waals surface area contributed by atoms with Crippen molar-refractivity contribution in [2.45, 2.75) is 26.7 Å². The number of carbonyl (C=O) groups excluding carboxylic acids is 2. The number of likely N-dealkylation sites (tertiary alicyclic amines) is 1. The number of benzene rings is 2. The molecule has 1 aromatic heterocycles. The number of aryl methyl sites for hydroxylation is 1. The van der Waals surface area contributed by atoms with Gasteiger partial charge in [0.15, 0.2) is 0 Å². The minimum Gasteiger partial charge on any atom is -0.339 e. The molecule has 6 nitrogen and oxygen atoms in total. The molecule has 31 heavy (non-hydrogen) atoms. The number of anilines is 1. The maximum atomic E-state index is 12.9. The molecule has 0 aliphatic carbocycles. The third-order valence-corrected chi connectivity index (χ3v) is 6.31. The first kappa shape index (κ1) is 21.3. The quantitative estimate of drug-likeness (QED) is 0.586. The minimum atomic E-state index is -0.118. The van der Waals surface area contributed by atoms with Gasteiger partial charge >= 0.3 is 0 Å². The standard InChI is InChI=1S/C24H25BrN4O2/c1-16-22(17(2)29(27-16)21-6-4-3-5-7-21)26-23(30)18-12-14-28(15-13-18)24(31)19-8-10-20(25)11-9-19/h3-11,18H,12-15H2,1-2H3,(H,26,30). The van der Waals surface area contributed by atoms with E-state index in [2.05, 4.69) is 26.3 Å². The van der Waals surface area contributed by atoms with Crippen LogP contribution in [0, 0.1) is 19.8 Å². The van der Waals surface area contributed by atoms with Crippen molar-refractivity contribution in [2.24, 2.45) is 5.92 Å². The molecular formula is C24H25BrN4O2. The molecule has 4 rings (SSSR count). The van der Waals surface area contributed by atoms with Crippen LogP contribution < -0.4 is 5.32 Å². The Morgan fingerprint density at radius 2 is 1.65 bits per heavy atom. The summed E-state index contributed by atoms with van der Waals surface area (Å²) < 4.78 is 2.80. The zero-order valence-corrected chi connectivity index (χ0v) is 19.2. The van der Waals surface area contributed by atoms with E-state index >= 15 is 0 Å². The summed E-state index contributed by atoms with van der Waals surface area (Å²) in [5.74, 6) is -0.107.